The number of carbonyl (C=O) groups excluding carboxylic acids is 1. The van der Waals surface area contributed by atoms with Crippen molar-refractivity contribution in [2.45, 2.75) is 19.3 Å². The van der Waals surface area contributed by atoms with E-state index in [9.17, 15) is 18.0 Å². The number of alkyl halides is 3. The summed E-state index contributed by atoms with van der Waals surface area (Å²) in [5.74, 6) is -0.884. The number of pyridine rings is 1. The van der Waals surface area contributed by atoms with Gasteiger partial charge in [-0.05, 0) is 6.07 Å². The maximum atomic E-state index is 12.5. The normalized spacial score (nSPS) is 14.7. The Hall–Kier alpha value is -3.08. The zero-order valence-corrected chi connectivity index (χ0v) is 15.5. The summed E-state index contributed by atoms with van der Waals surface area (Å²) in [5.41, 5.74) is 6.88. The van der Waals surface area contributed by atoms with Crippen LogP contribution in [0.25, 0.3) is 11.3 Å². The maximum absolute atomic E-state index is 12.5. The standard InChI is InChI=1S/C18H20F3N5O3/c1-12(25-4-6-28-7-5-25)2-3-26-10-14(24-16(26)11-27)13-8-15(17(22)23-9-13)29-18(19,20)21/h8-11H,1-7H2,(H2,22,23). The van der Waals surface area contributed by atoms with E-state index in [1.165, 1.54) is 6.20 Å². The molecule has 11 heteroatoms. The summed E-state index contributed by atoms with van der Waals surface area (Å²) in [4.78, 5) is 21.4. The summed E-state index contributed by atoms with van der Waals surface area (Å²) < 4.78 is 48.4. The van der Waals surface area contributed by atoms with E-state index in [0.29, 0.717) is 32.5 Å². The lowest BCUT2D eigenvalue weighted by atomic mass is 10.2. The van der Waals surface area contributed by atoms with E-state index in [1.807, 2.05) is 0 Å². The Morgan fingerprint density at radius 2 is 2.10 bits per heavy atom. The van der Waals surface area contributed by atoms with Gasteiger partial charge in [-0.2, -0.15) is 0 Å². The second-order valence-electron chi connectivity index (χ2n) is 6.37. The summed E-state index contributed by atoms with van der Waals surface area (Å²) in [6.45, 7) is 7.30. The minimum atomic E-state index is -4.90. The molecule has 29 heavy (non-hydrogen) atoms. The number of ether oxygens (including phenoxy) is 2. The molecule has 3 heterocycles. The Labute approximate surface area is 164 Å². The Balaban J connectivity index is 1.76. The van der Waals surface area contributed by atoms with Gasteiger partial charge in [0, 0.05) is 49.7 Å². The molecule has 2 N–H and O–H groups in total. The molecule has 1 aliphatic rings. The number of nitrogens with zero attached hydrogens (tertiary/aromatic N) is 4. The number of anilines is 1. The fourth-order valence-corrected chi connectivity index (χ4v) is 2.93. The van der Waals surface area contributed by atoms with Crippen molar-refractivity contribution >= 4 is 12.1 Å². The van der Waals surface area contributed by atoms with E-state index in [2.05, 4.69) is 26.2 Å². The first kappa shape index (κ1) is 20.6. The molecule has 1 saturated heterocycles. The molecule has 1 fully saturated rings. The summed E-state index contributed by atoms with van der Waals surface area (Å²) >= 11 is 0. The van der Waals surface area contributed by atoms with Crippen molar-refractivity contribution < 1.29 is 27.4 Å². The predicted molar refractivity (Wildman–Crippen MR) is 98.1 cm³/mol. The van der Waals surface area contributed by atoms with Gasteiger partial charge in [0.05, 0.1) is 18.9 Å². The number of imidazole rings is 1. The highest BCUT2D eigenvalue weighted by Crippen LogP contribution is 2.31. The first-order chi connectivity index (χ1) is 13.8. The quantitative estimate of drug-likeness (QED) is 0.700. The second kappa shape index (κ2) is 8.52. The monoisotopic (exact) mass is 411 g/mol. The Kier molecular flexibility index (Phi) is 6.06. The van der Waals surface area contributed by atoms with Crippen LogP contribution in [0.15, 0.2) is 30.7 Å². The van der Waals surface area contributed by atoms with E-state index in [4.69, 9.17) is 10.5 Å². The van der Waals surface area contributed by atoms with E-state index in [-0.39, 0.29) is 17.1 Å². The number of nitrogens with two attached hydrogens (primary N) is 1. The minimum absolute atomic E-state index is 0.143. The molecule has 0 spiro atoms. The molecule has 1 aliphatic heterocycles. The lowest BCUT2D eigenvalue weighted by Gasteiger charge is -2.30. The number of nitrogen functional groups attached to an aromatic ring is 1. The summed E-state index contributed by atoms with van der Waals surface area (Å²) in [7, 11) is 0. The van der Waals surface area contributed by atoms with Crippen LogP contribution in [0.3, 0.4) is 0 Å². The van der Waals surface area contributed by atoms with Crippen LogP contribution >= 0.6 is 0 Å². The molecular formula is C18H20F3N5O3. The molecule has 0 aliphatic carbocycles. The van der Waals surface area contributed by atoms with E-state index in [0.717, 1.165) is 24.9 Å². The van der Waals surface area contributed by atoms with Gasteiger partial charge in [0.2, 0.25) is 0 Å². The van der Waals surface area contributed by atoms with Gasteiger partial charge in [0.1, 0.15) is 0 Å². The Morgan fingerprint density at radius 1 is 1.38 bits per heavy atom. The lowest BCUT2D eigenvalue weighted by Crippen LogP contribution is -2.35. The van der Waals surface area contributed by atoms with Crippen LogP contribution < -0.4 is 10.5 Å². The van der Waals surface area contributed by atoms with Crippen molar-refractivity contribution in [1.29, 1.82) is 0 Å². The molecule has 0 aromatic carbocycles. The zero-order valence-electron chi connectivity index (χ0n) is 15.5. The van der Waals surface area contributed by atoms with Gasteiger partial charge in [-0.1, -0.05) is 6.58 Å². The van der Waals surface area contributed by atoms with Crippen molar-refractivity contribution in [2.24, 2.45) is 0 Å². The van der Waals surface area contributed by atoms with Crippen LogP contribution in [-0.4, -0.2) is 58.4 Å². The van der Waals surface area contributed by atoms with Crippen LogP contribution in [0.5, 0.6) is 5.75 Å². The zero-order chi connectivity index (χ0) is 21.0. The largest absolute Gasteiger partial charge is 0.573 e. The van der Waals surface area contributed by atoms with Gasteiger partial charge in [0.15, 0.2) is 23.7 Å². The fourth-order valence-electron chi connectivity index (χ4n) is 2.93. The maximum Gasteiger partial charge on any atom is 0.573 e. The van der Waals surface area contributed by atoms with Crippen molar-refractivity contribution in [3.63, 3.8) is 0 Å². The van der Waals surface area contributed by atoms with Gasteiger partial charge < -0.3 is 24.7 Å². The molecule has 0 unspecified atom stereocenters. The number of rotatable bonds is 7. The molecule has 2 aromatic heterocycles. The summed E-state index contributed by atoms with van der Waals surface area (Å²) in [6, 6.07) is 1.09. The van der Waals surface area contributed by atoms with Gasteiger partial charge in [-0.25, -0.2) is 9.97 Å². The third-order valence-corrected chi connectivity index (χ3v) is 4.42. The average Bonchev–Trinajstić information content (AvgIpc) is 3.10. The molecule has 8 nitrogen and oxygen atoms in total. The van der Waals surface area contributed by atoms with Crippen LogP contribution in [0.2, 0.25) is 0 Å². The number of carbonyl (C=O) groups is 1. The number of halogens is 3. The average molecular weight is 411 g/mol. The van der Waals surface area contributed by atoms with Crippen molar-refractivity contribution in [1.82, 2.24) is 19.4 Å². The van der Waals surface area contributed by atoms with Crippen LogP contribution in [-0.2, 0) is 11.3 Å². The molecular weight excluding hydrogens is 391 g/mol. The molecule has 2 aromatic rings. The molecule has 0 bridgehead atoms. The Morgan fingerprint density at radius 3 is 2.76 bits per heavy atom. The lowest BCUT2D eigenvalue weighted by molar-refractivity contribution is -0.274. The summed E-state index contributed by atoms with van der Waals surface area (Å²) in [6.07, 6.45) is -0.896. The molecule has 0 amide bonds. The third-order valence-electron chi connectivity index (χ3n) is 4.42. The van der Waals surface area contributed by atoms with Crippen LogP contribution in [0, 0.1) is 0 Å². The first-order valence-electron chi connectivity index (χ1n) is 8.81. The number of hydrogen-bond donors (Lipinski definition) is 1. The fraction of sp³-hybridized carbons (Fsp3) is 0.389. The van der Waals surface area contributed by atoms with Crippen LogP contribution in [0.1, 0.15) is 17.0 Å². The molecule has 0 radical (unpaired) electrons. The smallest absolute Gasteiger partial charge is 0.402 e. The van der Waals surface area contributed by atoms with E-state index in [1.54, 1.807) is 10.8 Å². The number of hydrogen-bond acceptors (Lipinski definition) is 7. The third kappa shape index (κ3) is 5.25. The minimum Gasteiger partial charge on any atom is -0.402 e. The number of aldehydes is 1. The highest BCUT2D eigenvalue weighted by Gasteiger charge is 2.32. The molecule has 0 atom stereocenters. The van der Waals surface area contributed by atoms with Gasteiger partial charge in [0.25, 0.3) is 0 Å². The second-order valence-corrected chi connectivity index (χ2v) is 6.37. The predicted octanol–water partition coefficient (Wildman–Crippen LogP) is 2.47. The van der Waals surface area contributed by atoms with E-state index >= 15 is 0 Å². The number of aromatic nitrogens is 3. The highest BCUT2D eigenvalue weighted by atomic mass is 19.4. The number of aryl methyl sites for hydroxylation is 1. The van der Waals surface area contributed by atoms with Crippen molar-refractivity contribution in [3.8, 4) is 17.0 Å². The highest BCUT2D eigenvalue weighted by molar-refractivity contribution is 5.73. The first-order valence-corrected chi connectivity index (χ1v) is 8.81. The summed E-state index contributed by atoms with van der Waals surface area (Å²) in [5, 5.41) is 0. The molecule has 3 rings (SSSR count). The van der Waals surface area contributed by atoms with E-state index < -0.39 is 17.9 Å². The molecule has 0 saturated carbocycles. The topological polar surface area (TPSA) is 95.5 Å². The number of morpholine rings is 1. The number of allylic oxidation sites excluding steroid dienone is 1. The van der Waals surface area contributed by atoms with Crippen LogP contribution in [0.4, 0.5) is 19.0 Å². The van der Waals surface area contributed by atoms with Gasteiger partial charge >= 0.3 is 6.36 Å². The van der Waals surface area contributed by atoms with Gasteiger partial charge in [-0.15, -0.1) is 13.2 Å². The molecule has 156 valence electrons. The van der Waals surface area contributed by atoms with Crippen molar-refractivity contribution in [2.75, 3.05) is 32.0 Å². The van der Waals surface area contributed by atoms with Crippen molar-refractivity contribution in [3.05, 3.63) is 36.6 Å². The SMILES string of the molecule is C=C(CCn1cc(-c2cnc(N)c(OC(F)(F)F)c2)nc1C=O)N1CCOCC1. The Bertz CT molecular complexity index is 891. The van der Waals surface area contributed by atoms with Gasteiger partial charge in [-0.3, -0.25) is 4.79 Å².